The number of Topliss-reactive ketones (excluding diaryl/α,β-unsaturated/α-hetero) is 1. The maximum absolute atomic E-state index is 12.4. The number of carboxylic acid groups (broad SMARTS) is 1. The number of nitrogens with zero attached hydrogens (tertiary/aromatic N) is 1. The van der Waals surface area contributed by atoms with Crippen LogP contribution >= 0.6 is 0 Å². The minimum atomic E-state index is -0.853. The molecule has 6 heteroatoms. The van der Waals surface area contributed by atoms with Crippen molar-refractivity contribution in [3.63, 3.8) is 0 Å². The average molecular weight is 307 g/mol. The smallest absolute Gasteiger partial charge is 0.316 e. The third kappa shape index (κ3) is 6.03. The minimum absolute atomic E-state index is 0.0978. The van der Waals surface area contributed by atoms with Crippen LogP contribution in [0.3, 0.4) is 0 Å². The van der Waals surface area contributed by atoms with Crippen molar-refractivity contribution < 1.29 is 24.2 Å². The van der Waals surface area contributed by atoms with Crippen molar-refractivity contribution in [3.8, 4) is 0 Å². The van der Waals surface area contributed by atoms with Crippen molar-refractivity contribution in [2.75, 3.05) is 6.61 Å². The van der Waals surface area contributed by atoms with E-state index in [1.807, 2.05) is 0 Å². The molecule has 0 bridgehead atoms. The molecule has 0 aliphatic carbocycles. The van der Waals surface area contributed by atoms with Gasteiger partial charge in [0, 0.05) is 24.4 Å². The van der Waals surface area contributed by atoms with Crippen LogP contribution in [0.15, 0.2) is 24.5 Å². The fraction of sp³-hybridized carbons (Fsp3) is 0.500. The van der Waals surface area contributed by atoms with E-state index in [4.69, 9.17) is 9.84 Å². The zero-order chi connectivity index (χ0) is 16.4. The van der Waals surface area contributed by atoms with Crippen LogP contribution in [0.1, 0.15) is 49.4 Å². The van der Waals surface area contributed by atoms with Crippen LogP contribution in [-0.2, 0) is 14.3 Å². The van der Waals surface area contributed by atoms with Gasteiger partial charge < -0.3 is 9.84 Å². The van der Waals surface area contributed by atoms with Crippen molar-refractivity contribution in [3.05, 3.63) is 30.1 Å². The molecule has 0 radical (unpaired) electrons. The van der Waals surface area contributed by atoms with E-state index in [0.717, 1.165) is 0 Å². The summed E-state index contributed by atoms with van der Waals surface area (Å²) in [4.78, 5) is 38.7. The Morgan fingerprint density at radius 3 is 2.64 bits per heavy atom. The molecule has 0 saturated heterocycles. The van der Waals surface area contributed by atoms with Crippen LogP contribution in [0.2, 0.25) is 0 Å². The molecule has 1 rings (SSSR count). The number of ether oxygens (including phenoxy) is 1. The van der Waals surface area contributed by atoms with Gasteiger partial charge in [-0.2, -0.15) is 0 Å². The number of carboxylic acids is 1. The highest BCUT2D eigenvalue weighted by Crippen LogP contribution is 2.18. The second-order valence-electron chi connectivity index (χ2n) is 4.90. The van der Waals surface area contributed by atoms with Crippen LogP contribution < -0.4 is 0 Å². The van der Waals surface area contributed by atoms with Gasteiger partial charge in [-0.25, -0.2) is 0 Å². The molecule has 0 amide bonds. The van der Waals surface area contributed by atoms with Gasteiger partial charge in [0.15, 0.2) is 5.78 Å². The summed E-state index contributed by atoms with van der Waals surface area (Å²) in [7, 11) is 0. The molecular formula is C16H21NO5. The topological polar surface area (TPSA) is 93.6 Å². The van der Waals surface area contributed by atoms with E-state index in [-0.39, 0.29) is 18.8 Å². The summed E-state index contributed by atoms with van der Waals surface area (Å²) in [5, 5.41) is 8.58. The highest BCUT2D eigenvalue weighted by Gasteiger charge is 2.28. The van der Waals surface area contributed by atoms with Gasteiger partial charge in [-0.3, -0.25) is 19.4 Å². The number of hydrogen-bond acceptors (Lipinski definition) is 5. The molecule has 6 nitrogen and oxygen atoms in total. The molecule has 1 N–H and O–H groups in total. The number of rotatable bonds is 10. The molecule has 1 heterocycles. The number of esters is 1. The Bertz CT molecular complexity index is 501. The van der Waals surface area contributed by atoms with E-state index in [9.17, 15) is 14.4 Å². The molecule has 1 unspecified atom stereocenters. The normalized spacial score (nSPS) is 11.7. The number of carbonyl (C=O) groups is 3. The Morgan fingerprint density at radius 2 is 2.05 bits per heavy atom. The highest BCUT2D eigenvalue weighted by molar-refractivity contribution is 6.08. The Kier molecular flexibility index (Phi) is 7.81. The Hall–Kier alpha value is -2.24. The van der Waals surface area contributed by atoms with Gasteiger partial charge in [0.2, 0.25) is 0 Å². The van der Waals surface area contributed by atoms with Gasteiger partial charge in [0.05, 0.1) is 6.61 Å². The zero-order valence-corrected chi connectivity index (χ0v) is 12.7. The lowest BCUT2D eigenvalue weighted by atomic mass is 9.93. The first kappa shape index (κ1) is 17.8. The quantitative estimate of drug-likeness (QED) is 0.309. The number of carbonyl (C=O) groups excluding carboxylic acids is 2. The predicted molar refractivity (Wildman–Crippen MR) is 79.4 cm³/mol. The molecule has 22 heavy (non-hydrogen) atoms. The molecule has 120 valence electrons. The van der Waals surface area contributed by atoms with Gasteiger partial charge in [0.25, 0.3) is 0 Å². The first-order chi connectivity index (χ1) is 10.6. The summed E-state index contributed by atoms with van der Waals surface area (Å²) in [6, 6.07) is 3.26. The number of aromatic nitrogens is 1. The van der Waals surface area contributed by atoms with E-state index in [1.165, 1.54) is 6.20 Å². The number of aliphatic carboxylic acids is 1. The van der Waals surface area contributed by atoms with Crippen LogP contribution in [0.5, 0.6) is 0 Å². The summed E-state index contributed by atoms with van der Waals surface area (Å²) in [5.41, 5.74) is 0.381. The molecule has 0 aliphatic rings. The zero-order valence-electron chi connectivity index (χ0n) is 12.7. The molecule has 0 fully saturated rings. The van der Waals surface area contributed by atoms with Crippen molar-refractivity contribution in [1.82, 2.24) is 4.98 Å². The van der Waals surface area contributed by atoms with E-state index in [0.29, 0.717) is 31.2 Å². The monoisotopic (exact) mass is 307 g/mol. The molecular weight excluding hydrogens is 286 g/mol. The fourth-order valence-electron chi connectivity index (χ4n) is 2.11. The highest BCUT2D eigenvalue weighted by atomic mass is 16.5. The average Bonchev–Trinajstić information content (AvgIpc) is 2.51. The van der Waals surface area contributed by atoms with E-state index in [2.05, 4.69) is 4.98 Å². The van der Waals surface area contributed by atoms with Crippen molar-refractivity contribution in [1.29, 1.82) is 0 Å². The third-order valence-electron chi connectivity index (χ3n) is 3.22. The summed E-state index contributed by atoms with van der Waals surface area (Å²) in [6.07, 6.45) is 5.23. The third-order valence-corrected chi connectivity index (χ3v) is 3.22. The first-order valence-corrected chi connectivity index (χ1v) is 7.39. The SMILES string of the molecule is CCOC(=O)C(CCCCCC(=O)O)C(=O)c1cccnc1. The summed E-state index contributed by atoms with van der Waals surface area (Å²) >= 11 is 0. The van der Waals surface area contributed by atoms with E-state index < -0.39 is 17.9 Å². The van der Waals surface area contributed by atoms with E-state index >= 15 is 0 Å². The maximum Gasteiger partial charge on any atom is 0.316 e. The lowest BCUT2D eigenvalue weighted by Crippen LogP contribution is -2.26. The standard InChI is InChI=1S/C16H21NO5/c1-2-22-16(21)13(8-4-3-5-9-14(18)19)15(20)12-7-6-10-17-11-12/h6-7,10-11,13H,2-5,8-9H2,1H3,(H,18,19). The largest absolute Gasteiger partial charge is 0.481 e. The number of unbranched alkanes of at least 4 members (excludes halogenated alkanes) is 2. The Morgan fingerprint density at radius 1 is 1.27 bits per heavy atom. The number of hydrogen-bond donors (Lipinski definition) is 1. The summed E-state index contributed by atoms with van der Waals surface area (Å²) in [6.45, 7) is 1.91. The molecule has 1 aromatic heterocycles. The van der Waals surface area contributed by atoms with Gasteiger partial charge in [-0.15, -0.1) is 0 Å². The molecule has 1 aromatic rings. The lowest BCUT2D eigenvalue weighted by Gasteiger charge is -2.14. The molecule has 0 spiro atoms. The molecule has 0 aromatic carbocycles. The molecule has 0 saturated carbocycles. The second-order valence-corrected chi connectivity index (χ2v) is 4.90. The second kappa shape index (κ2) is 9.65. The first-order valence-electron chi connectivity index (χ1n) is 7.39. The van der Waals surface area contributed by atoms with Crippen LogP contribution in [0.4, 0.5) is 0 Å². The maximum atomic E-state index is 12.4. The van der Waals surface area contributed by atoms with Gasteiger partial charge in [-0.05, 0) is 31.9 Å². The number of ketones is 1. The van der Waals surface area contributed by atoms with Crippen molar-refractivity contribution in [2.24, 2.45) is 5.92 Å². The van der Waals surface area contributed by atoms with Crippen molar-refractivity contribution in [2.45, 2.75) is 39.0 Å². The lowest BCUT2D eigenvalue weighted by molar-refractivity contribution is -0.146. The van der Waals surface area contributed by atoms with Crippen LogP contribution in [-0.4, -0.2) is 34.4 Å². The molecule has 1 atom stereocenters. The minimum Gasteiger partial charge on any atom is -0.481 e. The number of pyridine rings is 1. The Labute approximate surface area is 129 Å². The Balaban J connectivity index is 2.62. The summed E-state index contributed by atoms with van der Waals surface area (Å²) < 4.78 is 4.97. The fourth-order valence-corrected chi connectivity index (χ4v) is 2.11. The predicted octanol–water partition coefficient (Wildman–Crippen LogP) is 2.48. The van der Waals surface area contributed by atoms with Gasteiger partial charge in [0.1, 0.15) is 5.92 Å². The summed E-state index contributed by atoms with van der Waals surface area (Å²) in [5.74, 6) is -2.53. The van der Waals surface area contributed by atoms with Crippen LogP contribution in [0.25, 0.3) is 0 Å². The van der Waals surface area contributed by atoms with E-state index in [1.54, 1.807) is 25.3 Å². The van der Waals surface area contributed by atoms with Gasteiger partial charge in [-0.1, -0.05) is 12.8 Å². The van der Waals surface area contributed by atoms with Crippen LogP contribution in [0, 0.1) is 5.92 Å². The van der Waals surface area contributed by atoms with Crippen molar-refractivity contribution >= 4 is 17.7 Å². The molecule has 0 aliphatic heterocycles. The van der Waals surface area contributed by atoms with Gasteiger partial charge >= 0.3 is 11.9 Å².